The molecule has 0 fully saturated rings. The largest absolute Gasteiger partial charge is 0.461 e. The van der Waals surface area contributed by atoms with Gasteiger partial charge in [0.2, 0.25) is 5.91 Å². The van der Waals surface area contributed by atoms with Crippen LogP contribution in [0.1, 0.15) is 13.3 Å². The van der Waals surface area contributed by atoms with E-state index in [0.29, 0.717) is 5.57 Å². The molecule has 0 aliphatic rings. The molecule has 0 saturated heterocycles. The van der Waals surface area contributed by atoms with Crippen LogP contribution < -0.4 is 5.73 Å². The van der Waals surface area contributed by atoms with E-state index in [1.54, 1.807) is 6.92 Å². The molecule has 0 aromatic carbocycles. The third-order valence-corrected chi connectivity index (χ3v) is 1.05. The Morgan fingerprint density at radius 2 is 2.07 bits per heavy atom. The minimum Gasteiger partial charge on any atom is -0.461 e. The molecule has 0 aromatic heterocycles. The van der Waals surface area contributed by atoms with Gasteiger partial charge in [-0.25, -0.2) is 4.79 Å². The fourth-order valence-electron chi connectivity index (χ4n) is 0.256. The number of nitrogens with two attached hydrogens (primary N) is 1. The summed E-state index contributed by atoms with van der Waals surface area (Å²) in [4.78, 5) is 20.1. The van der Waals surface area contributed by atoms with Crippen LogP contribution in [0.3, 0.4) is 0 Å². The average Bonchev–Trinajstić information content (AvgIpc) is 2.18. The number of hydrogen-bond acceptors (Lipinski definition) is 4. The van der Waals surface area contributed by atoms with Gasteiger partial charge in [-0.1, -0.05) is 13.2 Å². The molecule has 2 N–H and O–H groups in total. The summed E-state index contributed by atoms with van der Waals surface area (Å²) in [7, 11) is 0. The second kappa shape index (κ2) is 9.99. The minimum atomic E-state index is -0.481. The molecule has 82 valence electrons. The predicted octanol–water partition coefficient (Wildman–Crippen LogP) is 0.677. The van der Waals surface area contributed by atoms with E-state index in [-0.39, 0.29) is 13.0 Å². The number of carbonyl (C=O) groups is 2. The molecule has 0 aliphatic carbocycles. The van der Waals surface area contributed by atoms with Crippen molar-refractivity contribution in [3.63, 3.8) is 0 Å². The van der Waals surface area contributed by atoms with E-state index in [4.69, 9.17) is 11.0 Å². The molecule has 5 heteroatoms. The van der Waals surface area contributed by atoms with Crippen molar-refractivity contribution in [1.29, 1.82) is 5.26 Å². The fourth-order valence-corrected chi connectivity index (χ4v) is 0.256. The molecule has 0 spiro atoms. The fraction of sp³-hybridized carbons (Fsp3) is 0.300. The van der Waals surface area contributed by atoms with E-state index in [1.165, 1.54) is 0 Å². The van der Waals surface area contributed by atoms with Gasteiger partial charge in [0.05, 0.1) is 12.5 Å². The van der Waals surface area contributed by atoms with Crippen LogP contribution in [-0.4, -0.2) is 18.5 Å². The summed E-state index contributed by atoms with van der Waals surface area (Å²) in [5, 5.41) is 7.98. The Labute approximate surface area is 88.8 Å². The summed E-state index contributed by atoms with van der Waals surface area (Å²) in [5.74, 6) is -0.916. The lowest BCUT2D eigenvalue weighted by atomic mass is 10.3. The molecule has 0 aromatic rings. The second-order valence-electron chi connectivity index (χ2n) is 2.42. The summed E-state index contributed by atoms with van der Waals surface area (Å²) in [6, 6.07) is 1.84. The van der Waals surface area contributed by atoms with Gasteiger partial charge in [-0.05, 0) is 6.92 Å². The summed E-state index contributed by atoms with van der Waals surface area (Å²) < 4.78 is 4.45. The quantitative estimate of drug-likeness (QED) is 0.419. The highest BCUT2D eigenvalue weighted by atomic mass is 16.5. The highest BCUT2D eigenvalue weighted by Crippen LogP contribution is 1.81. The molecule has 0 bridgehead atoms. The first-order valence-corrected chi connectivity index (χ1v) is 4.07. The zero-order valence-corrected chi connectivity index (χ0v) is 8.66. The lowest BCUT2D eigenvalue weighted by Gasteiger charge is -1.93. The minimum absolute atomic E-state index is 0.154. The predicted molar refractivity (Wildman–Crippen MR) is 55.4 cm³/mol. The Kier molecular flexibility index (Phi) is 10.3. The number of amides is 1. The SMILES string of the molecule is C=C(C)C(N)=O.C=CC(=O)OCCC#N. The van der Waals surface area contributed by atoms with Crippen molar-refractivity contribution < 1.29 is 14.3 Å². The number of carbonyl (C=O) groups excluding carboxylic acids is 2. The maximum absolute atomic E-state index is 10.2. The number of primary amides is 1. The first-order chi connectivity index (χ1) is 6.95. The molecule has 0 saturated carbocycles. The first kappa shape index (κ1) is 15.4. The van der Waals surface area contributed by atoms with Gasteiger partial charge in [0, 0.05) is 11.6 Å². The van der Waals surface area contributed by atoms with Gasteiger partial charge < -0.3 is 10.5 Å². The van der Waals surface area contributed by atoms with E-state index in [2.05, 4.69) is 17.9 Å². The Balaban J connectivity index is 0. The Bertz CT molecular complexity index is 278. The van der Waals surface area contributed by atoms with Gasteiger partial charge in [0.15, 0.2) is 0 Å². The number of ether oxygens (including phenoxy) is 1. The van der Waals surface area contributed by atoms with E-state index in [9.17, 15) is 9.59 Å². The lowest BCUT2D eigenvalue weighted by Crippen LogP contribution is -2.10. The molecular formula is C10H14N2O3. The van der Waals surface area contributed by atoms with Crippen LogP contribution in [-0.2, 0) is 14.3 Å². The molecule has 0 unspecified atom stereocenters. The van der Waals surface area contributed by atoms with Crippen molar-refractivity contribution in [1.82, 2.24) is 0 Å². The maximum Gasteiger partial charge on any atom is 0.330 e. The van der Waals surface area contributed by atoms with Crippen LogP contribution in [0, 0.1) is 11.3 Å². The maximum atomic E-state index is 10.2. The van der Waals surface area contributed by atoms with Gasteiger partial charge in [-0.3, -0.25) is 4.79 Å². The zero-order chi connectivity index (χ0) is 12.3. The first-order valence-electron chi connectivity index (χ1n) is 4.07. The summed E-state index contributed by atoms with van der Waals surface area (Å²) in [6.45, 7) is 8.19. The van der Waals surface area contributed by atoms with E-state index in [0.717, 1.165) is 6.08 Å². The number of esters is 1. The van der Waals surface area contributed by atoms with Crippen LogP contribution in [0.25, 0.3) is 0 Å². The van der Waals surface area contributed by atoms with Crippen LogP contribution in [0.4, 0.5) is 0 Å². The Hall–Kier alpha value is -2.09. The van der Waals surface area contributed by atoms with Crippen molar-refractivity contribution in [3.8, 4) is 6.07 Å². The van der Waals surface area contributed by atoms with E-state index < -0.39 is 11.9 Å². The third-order valence-electron chi connectivity index (χ3n) is 1.05. The number of hydrogen-bond donors (Lipinski definition) is 1. The summed E-state index contributed by atoms with van der Waals surface area (Å²) in [5.41, 5.74) is 5.09. The average molecular weight is 210 g/mol. The van der Waals surface area contributed by atoms with Crippen LogP contribution in [0.2, 0.25) is 0 Å². The monoisotopic (exact) mass is 210 g/mol. The second-order valence-corrected chi connectivity index (χ2v) is 2.42. The highest BCUT2D eigenvalue weighted by molar-refractivity contribution is 5.90. The normalized spacial score (nSPS) is 7.47. The number of nitriles is 1. The zero-order valence-electron chi connectivity index (χ0n) is 8.66. The molecule has 1 amide bonds. The topological polar surface area (TPSA) is 93.2 Å². The molecule has 0 rings (SSSR count). The van der Waals surface area contributed by atoms with Crippen molar-refractivity contribution in [2.45, 2.75) is 13.3 Å². The van der Waals surface area contributed by atoms with E-state index >= 15 is 0 Å². The van der Waals surface area contributed by atoms with Crippen LogP contribution in [0.5, 0.6) is 0 Å². The molecule has 0 radical (unpaired) electrons. The Morgan fingerprint density at radius 1 is 1.60 bits per heavy atom. The van der Waals surface area contributed by atoms with Crippen LogP contribution >= 0.6 is 0 Å². The van der Waals surface area contributed by atoms with Crippen molar-refractivity contribution in [2.75, 3.05) is 6.61 Å². The van der Waals surface area contributed by atoms with Gasteiger partial charge in [0.25, 0.3) is 0 Å². The highest BCUT2D eigenvalue weighted by Gasteiger charge is 1.91. The van der Waals surface area contributed by atoms with Gasteiger partial charge in [-0.2, -0.15) is 5.26 Å². The third kappa shape index (κ3) is 14.7. The number of rotatable bonds is 4. The molecule has 0 heterocycles. The van der Waals surface area contributed by atoms with Crippen molar-refractivity contribution >= 4 is 11.9 Å². The van der Waals surface area contributed by atoms with Crippen molar-refractivity contribution in [2.24, 2.45) is 5.73 Å². The van der Waals surface area contributed by atoms with Crippen LogP contribution in [0.15, 0.2) is 24.8 Å². The molecule has 0 aliphatic heterocycles. The molecule has 5 nitrogen and oxygen atoms in total. The Morgan fingerprint density at radius 3 is 2.33 bits per heavy atom. The lowest BCUT2D eigenvalue weighted by molar-refractivity contribution is -0.137. The number of nitrogens with zero attached hydrogens (tertiary/aromatic N) is 1. The van der Waals surface area contributed by atoms with Gasteiger partial charge in [0.1, 0.15) is 6.61 Å². The van der Waals surface area contributed by atoms with Gasteiger partial charge >= 0.3 is 5.97 Å². The summed E-state index contributed by atoms with van der Waals surface area (Å²) >= 11 is 0. The van der Waals surface area contributed by atoms with Gasteiger partial charge in [-0.15, -0.1) is 0 Å². The molecule has 15 heavy (non-hydrogen) atoms. The molecular weight excluding hydrogens is 196 g/mol. The molecule has 0 atom stereocenters. The van der Waals surface area contributed by atoms with E-state index in [1.807, 2.05) is 6.07 Å². The smallest absolute Gasteiger partial charge is 0.330 e. The summed E-state index contributed by atoms with van der Waals surface area (Å²) in [6.07, 6.45) is 1.30. The van der Waals surface area contributed by atoms with Crippen molar-refractivity contribution in [3.05, 3.63) is 24.8 Å². The standard InChI is InChI=1S/C6H7NO2.C4H7NO/c1-2-6(8)9-5-3-4-7;1-3(2)4(5)6/h2H,1,3,5H2;1H2,2H3,(H2,5,6).